The molecular weight excluding hydrogens is 1020 g/mol. The summed E-state index contributed by atoms with van der Waals surface area (Å²) in [6.07, 6.45) is 4.85. The monoisotopic (exact) mass is 1090 g/mol. The minimum atomic E-state index is -0.619. The maximum Gasteiger partial charge on any atom is 0.333 e. The van der Waals surface area contributed by atoms with Gasteiger partial charge in [-0.2, -0.15) is 11.8 Å². The van der Waals surface area contributed by atoms with Crippen molar-refractivity contribution in [2.45, 2.75) is 103 Å². The van der Waals surface area contributed by atoms with Crippen LogP contribution in [0.15, 0.2) is 96.0 Å². The molecule has 5 aliphatic rings. The maximum atomic E-state index is 14.3. The lowest BCUT2D eigenvalue weighted by Gasteiger charge is -2.34. The SMILES string of the molecule is CCCOCCOCCN(CC(C)(C)SCCCC(=O)ON1C(=O)CCC1=O)c1cc(COc2cc3c(cc2C)C(=O)N2c4ccccc4C[C@H]2C=N3)cc(COc2cc3c(cc2OC)C(=O)N2c4ccccc4C[C@H]2CN3)c1. The average Bonchev–Trinajstić information content (AvgIpc) is 4.15. The summed E-state index contributed by atoms with van der Waals surface area (Å²) in [5.41, 5.74) is 9.76. The fourth-order valence-corrected chi connectivity index (χ4v) is 11.9. The standard InChI is InChI=1S/C61H68N6O11S/c1-6-20-74-22-23-75-21-19-64(38-61(3,4)79-24-11-16-58(70)78-67-56(68)17-18-57(67)69)44-27-40(36-76-53-32-49-47(25-39(53)2)59(71)65-45(34-62-49)29-42-12-7-9-14-51(42)65)26-41(28-44)37-77-55-33-50-48(31-54(55)73-5)60(72)66-46(35-63-50)30-43-13-8-10-15-52(43)66/h7-10,12-15,25-28,31-34,45-46,63H,6,11,16-24,29-30,35-38H2,1-5H3/t45-,46-/m0/s1. The fraction of sp³-hybridized carbons (Fsp3) is 0.410. The predicted octanol–water partition coefficient (Wildman–Crippen LogP) is 9.59. The summed E-state index contributed by atoms with van der Waals surface area (Å²) in [6, 6.07) is 29.4. The third-order valence-electron chi connectivity index (χ3n) is 14.7. The number of imide groups is 1. The summed E-state index contributed by atoms with van der Waals surface area (Å²) in [4.78, 5) is 81.2. The Morgan fingerprint density at radius 2 is 1.44 bits per heavy atom. The van der Waals surface area contributed by atoms with Gasteiger partial charge in [0.1, 0.15) is 19.0 Å². The minimum Gasteiger partial charge on any atom is -0.493 e. The van der Waals surface area contributed by atoms with Crippen LogP contribution in [-0.4, -0.2) is 117 Å². The molecule has 4 amide bonds. The van der Waals surface area contributed by atoms with Gasteiger partial charge in [-0.15, -0.1) is 5.06 Å². The highest BCUT2D eigenvalue weighted by Crippen LogP contribution is 2.42. The lowest BCUT2D eigenvalue weighted by molar-refractivity contribution is -0.197. The van der Waals surface area contributed by atoms with E-state index < -0.39 is 17.8 Å². The number of aliphatic imine (C=N–C) groups is 1. The Morgan fingerprint density at radius 1 is 0.772 bits per heavy atom. The highest BCUT2D eigenvalue weighted by atomic mass is 32.2. The fourth-order valence-electron chi connectivity index (χ4n) is 10.8. The second-order valence-corrected chi connectivity index (χ2v) is 22.9. The Bertz CT molecular complexity index is 3150. The number of rotatable bonds is 24. The largest absolute Gasteiger partial charge is 0.493 e. The number of aryl methyl sites for hydroxylation is 1. The molecule has 0 bridgehead atoms. The van der Waals surface area contributed by atoms with Crippen molar-refractivity contribution >= 4 is 76.0 Å². The van der Waals surface area contributed by atoms with Crippen LogP contribution in [-0.2, 0) is 54.8 Å². The highest BCUT2D eigenvalue weighted by Gasteiger charge is 2.39. The number of hydrogen-bond donors (Lipinski definition) is 1. The van der Waals surface area contributed by atoms with Crippen molar-refractivity contribution in [1.82, 2.24) is 5.06 Å². The molecule has 0 aromatic heterocycles. The first-order valence-electron chi connectivity index (χ1n) is 27.2. The van der Waals surface area contributed by atoms with Crippen LogP contribution in [0.1, 0.15) is 101 Å². The molecule has 0 spiro atoms. The molecule has 1 fully saturated rings. The zero-order chi connectivity index (χ0) is 55.2. The van der Waals surface area contributed by atoms with E-state index in [1.807, 2.05) is 77.5 Å². The predicted molar refractivity (Wildman–Crippen MR) is 304 cm³/mol. The number of methoxy groups -OCH3 is 1. The molecule has 5 aliphatic heterocycles. The Morgan fingerprint density at radius 3 is 2.16 bits per heavy atom. The molecule has 0 unspecified atom stereocenters. The van der Waals surface area contributed by atoms with Crippen LogP contribution in [0.25, 0.3) is 0 Å². The quantitative estimate of drug-likeness (QED) is 0.0456. The van der Waals surface area contributed by atoms with E-state index in [0.717, 1.165) is 57.7 Å². The number of amides is 4. The number of nitrogens with zero attached hydrogens (tertiary/aromatic N) is 5. The molecule has 5 aromatic rings. The van der Waals surface area contributed by atoms with Crippen LogP contribution in [0, 0.1) is 6.92 Å². The number of carbonyl (C=O) groups excluding carboxylic acids is 5. The molecule has 1 N–H and O–H groups in total. The number of carbonyl (C=O) groups is 5. The van der Waals surface area contributed by atoms with Gasteiger partial charge in [-0.3, -0.25) is 29.1 Å². The van der Waals surface area contributed by atoms with E-state index in [1.54, 1.807) is 24.9 Å². The van der Waals surface area contributed by atoms with Crippen LogP contribution < -0.4 is 34.2 Å². The summed E-state index contributed by atoms with van der Waals surface area (Å²) < 4.78 is 30.8. The Labute approximate surface area is 465 Å². The zero-order valence-corrected chi connectivity index (χ0v) is 46.4. The van der Waals surface area contributed by atoms with Gasteiger partial charge in [-0.25, -0.2) is 4.79 Å². The normalized spacial score (nSPS) is 17.1. The Balaban J connectivity index is 0.911. The second-order valence-electron chi connectivity index (χ2n) is 21.1. The number of anilines is 4. The molecule has 5 aromatic carbocycles. The first kappa shape index (κ1) is 54.9. The van der Waals surface area contributed by atoms with Crippen LogP contribution in [0.4, 0.5) is 28.4 Å². The van der Waals surface area contributed by atoms with Gasteiger partial charge >= 0.3 is 5.97 Å². The molecule has 17 nitrogen and oxygen atoms in total. The zero-order valence-electron chi connectivity index (χ0n) is 45.5. The summed E-state index contributed by atoms with van der Waals surface area (Å²) in [7, 11) is 1.57. The van der Waals surface area contributed by atoms with E-state index in [1.165, 1.54) is 0 Å². The Kier molecular flexibility index (Phi) is 16.9. The number of nitrogens with one attached hydrogen (secondary N) is 1. The number of benzene rings is 5. The number of fused-ring (bicyclic) bond motifs is 8. The van der Waals surface area contributed by atoms with Gasteiger partial charge in [0, 0.05) is 92.1 Å². The Hall–Kier alpha value is -7.41. The van der Waals surface area contributed by atoms with Crippen molar-refractivity contribution in [2.75, 3.05) is 78.9 Å². The summed E-state index contributed by atoms with van der Waals surface area (Å²) in [5, 5.41) is 4.13. The molecule has 0 radical (unpaired) electrons. The lowest BCUT2D eigenvalue weighted by atomic mass is 10.1. The van der Waals surface area contributed by atoms with E-state index in [0.29, 0.717) is 109 Å². The van der Waals surface area contributed by atoms with Crippen LogP contribution >= 0.6 is 11.8 Å². The number of hydrogen-bond acceptors (Lipinski definition) is 15. The lowest BCUT2D eigenvalue weighted by Crippen LogP contribution is -2.39. The van der Waals surface area contributed by atoms with Gasteiger partial charge in [-0.05, 0) is 116 Å². The summed E-state index contributed by atoms with van der Waals surface area (Å²) >= 11 is 1.71. The van der Waals surface area contributed by atoms with Crippen molar-refractivity contribution < 1.29 is 52.5 Å². The van der Waals surface area contributed by atoms with E-state index >= 15 is 0 Å². The van der Waals surface area contributed by atoms with E-state index in [4.69, 9.17) is 33.5 Å². The van der Waals surface area contributed by atoms with Crippen molar-refractivity contribution in [3.63, 3.8) is 0 Å². The number of thioether (sulfide) groups is 1. The summed E-state index contributed by atoms with van der Waals surface area (Å²) in [6.45, 7) is 12.3. The second kappa shape index (κ2) is 24.3. The summed E-state index contributed by atoms with van der Waals surface area (Å²) in [5.74, 6) is 0.304. The smallest absolute Gasteiger partial charge is 0.333 e. The molecule has 5 heterocycles. The molecular formula is C61H68N6O11S. The van der Waals surface area contributed by atoms with Crippen molar-refractivity contribution in [3.8, 4) is 17.2 Å². The molecule has 414 valence electrons. The number of hydroxylamine groups is 2. The van der Waals surface area contributed by atoms with Crippen LogP contribution in [0.2, 0.25) is 0 Å². The number of para-hydroxylation sites is 2. The van der Waals surface area contributed by atoms with Crippen molar-refractivity contribution in [3.05, 3.63) is 130 Å². The van der Waals surface area contributed by atoms with Gasteiger partial charge in [0.25, 0.3) is 23.6 Å². The van der Waals surface area contributed by atoms with E-state index in [9.17, 15) is 24.0 Å². The van der Waals surface area contributed by atoms with Gasteiger partial charge < -0.3 is 43.6 Å². The molecule has 1 saturated heterocycles. The maximum absolute atomic E-state index is 14.3. The third-order valence-corrected chi connectivity index (χ3v) is 16.1. The molecule has 2 atom stereocenters. The molecule has 18 heteroatoms. The van der Waals surface area contributed by atoms with Crippen molar-refractivity contribution in [2.24, 2.45) is 4.99 Å². The van der Waals surface area contributed by atoms with Gasteiger partial charge in [0.2, 0.25) is 0 Å². The number of ether oxygens (including phenoxy) is 5. The average molecular weight is 1090 g/mol. The topological polar surface area (TPSA) is 178 Å². The first-order valence-corrected chi connectivity index (χ1v) is 28.2. The molecule has 0 saturated carbocycles. The van der Waals surface area contributed by atoms with Gasteiger partial charge in [-0.1, -0.05) is 43.3 Å². The van der Waals surface area contributed by atoms with Crippen LogP contribution in [0.5, 0.6) is 17.2 Å². The minimum absolute atomic E-state index is 0.0348. The third kappa shape index (κ3) is 12.4. The molecule has 0 aliphatic carbocycles. The molecule has 10 rings (SSSR count). The van der Waals surface area contributed by atoms with E-state index in [2.05, 4.69) is 61.3 Å². The van der Waals surface area contributed by atoms with Gasteiger partial charge in [0.15, 0.2) is 11.5 Å². The van der Waals surface area contributed by atoms with Crippen molar-refractivity contribution in [1.29, 1.82) is 0 Å². The van der Waals surface area contributed by atoms with Crippen LogP contribution in [0.3, 0.4) is 0 Å². The highest BCUT2D eigenvalue weighted by molar-refractivity contribution is 8.00. The first-order chi connectivity index (χ1) is 38.3. The van der Waals surface area contributed by atoms with Gasteiger partial charge in [0.05, 0.1) is 61.5 Å². The van der Waals surface area contributed by atoms with E-state index in [-0.39, 0.29) is 61.1 Å². The molecule has 79 heavy (non-hydrogen) atoms.